The maximum atomic E-state index is 6.13. The molecule has 0 saturated heterocycles. The molecule has 104 valence electrons. The van der Waals surface area contributed by atoms with E-state index in [1.54, 1.807) is 0 Å². The summed E-state index contributed by atoms with van der Waals surface area (Å²) in [5.41, 5.74) is 11.0. The van der Waals surface area contributed by atoms with Gasteiger partial charge in [0.2, 0.25) is 0 Å². The summed E-state index contributed by atoms with van der Waals surface area (Å²) in [7, 11) is 0. The Labute approximate surface area is 118 Å². The SMILES string of the molecule is Cc1nc(-c2ccc3c(c2)CCO3)c2n1CCC(N)C2. The highest BCUT2D eigenvalue weighted by atomic mass is 16.5. The number of ether oxygens (including phenoxy) is 1. The van der Waals surface area contributed by atoms with E-state index in [9.17, 15) is 0 Å². The zero-order valence-electron chi connectivity index (χ0n) is 11.7. The summed E-state index contributed by atoms with van der Waals surface area (Å²) in [5.74, 6) is 2.12. The van der Waals surface area contributed by atoms with Crippen molar-refractivity contribution in [3.63, 3.8) is 0 Å². The number of nitrogens with zero attached hydrogens (tertiary/aromatic N) is 2. The van der Waals surface area contributed by atoms with Gasteiger partial charge in [0.25, 0.3) is 0 Å². The first-order chi connectivity index (χ1) is 9.72. The molecule has 0 bridgehead atoms. The van der Waals surface area contributed by atoms with Gasteiger partial charge in [0.1, 0.15) is 11.6 Å². The standard InChI is InChI=1S/C16H19N3O/c1-10-18-16(14-9-13(17)4-6-19(10)14)12-2-3-15-11(8-12)5-7-20-15/h2-3,8,13H,4-7,9,17H2,1H3. The van der Waals surface area contributed by atoms with Crippen LogP contribution < -0.4 is 10.5 Å². The van der Waals surface area contributed by atoms with Crippen LogP contribution >= 0.6 is 0 Å². The highest BCUT2D eigenvalue weighted by Crippen LogP contribution is 2.33. The molecule has 20 heavy (non-hydrogen) atoms. The average Bonchev–Trinajstić information content (AvgIpc) is 3.02. The van der Waals surface area contributed by atoms with E-state index in [0.29, 0.717) is 0 Å². The highest BCUT2D eigenvalue weighted by Gasteiger charge is 2.23. The molecule has 1 unspecified atom stereocenters. The van der Waals surface area contributed by atoms with Crippen molar-refractivity contribution >= 4 is 0 Å². The van der Waals surface area contributed by atoms with Gasteiger partial charge in [0, 0.05) is 36.7 Å². The number of aromatic nitrogens is 2. The summed E-state index contributed by atoms with van der Waals surface area (Å²) in [6.07, 6.45) is 2.96. The van der Waals surface area contributed by atoms with Crippen molar-refractivity contribution < 1.29 is 4.74 Å². The number of aryl methyl sites for hydroxylation is 1. The fourth-order valence-electron chi connectivity index (χ4n) is 3.32. The predicted octanol–water partition coefficient (Wildman–Crippen LogP) is 2.07. The van der Waals surface area contributed by atoms with Crippen molar-refractivity contribution in [1.82, 2.24) is 9.55 Å². The van der Waals surface area contributed by atoms with Gasteiger partial charge in [-0.1, -0.05) is 0 Å². The molecule has 4 nitrogen and oxygen atoms in total. The minimum absolute atomic E-state index is 0.259. The molecule has 3 heterocycles. The summed E-state index contributed by atoms with van der Waals surface area (Å²) < 4.78 is 7.90. The first kappa shape index (κ1) is 12.0. The number of hydrogen-bond donors (Lipinski definition) is 1. The van der Waals surface area contributed by atoms with E-state index in [0.717, 1.165) is 49.7 Å². The normalized spacial score (nSPS) is 20.4. The summed E-state index contributed by atoms with van der Waals surface area (Å²) in [6, 6.07) is 6.68. The third kappa shape index (κ3) is 1.75. The largest absolute Gasteiger partial charge is 0.493 e. The zero-order valence-corrected chi connectivity index (χ0v) is 11.7. The number of hydrogen-bond acceptors (Lipinski definition) is 3. The molecule has 0 radical (unpaired) electrons. The minimum Gasteiger partial charge on any atom is -0.493 e. The van der Waals surface area contributed by atoms with Crippen LogP contribution in [0.3, 0.4) is 0 Å². The van der Waals surface area contributed by atoms with E-state index < -0.39 is 0 Å². The molecule has 0 aliphatic carbocycles. The molecule has 2 N–H and O–H groups in total. The van der Waals surface area contributed by atoms with E-state index in [1.165, 1.54) is 16.8 Å². The van der Waals surface area contributed by atoms with Crippen LogP contribution in [0.1, 0.15) is 23.5 Å². The van der Waals surface area contributed by atoms with E-state index in [4.69, 9.17) is 15.5 Å². The molecule has 0 saturated carbocycles. The van der Waals surface area contributed by atoms with Crippen LogP contribution in [0.25, 0.3) is 11.3 Å². The number of rotatable bonds is 1. The number of benzene rings is 1. The fourth-order valence-corrected chi connectivity index (χ4v) is 3.32. The van der Waals surface area contributed by atoms with Gasteiger partial charge in [0.05, 0.1) is 12.3 Å². The van der Waals surface area contributed by atoms with Crippen molar-refractivity contribution in [2.75, 3.05) is 6.61 Å². The summed E-state index contributed by atoms with van der Waals surface area (Å²) in [6.45, 7) is 3.87. The Morgan fingerprint density at radius 2 is 2.30 bits per heavy atom. The molecule has 2 aliphatic rings. The first-order valence-corrected chi connectivity index (χ1v) is 7.30. The monoisotopic (exact) mass is 269 g/mol. The van der Waals surface area contributed by atoms with Gasteiger partial charge in [-0.3, -0.25) is 0 Å². The Morgan fingerprint density at radius 3 is 3.20 bits per heavy atom. The van der Waals surface area contributed by atoms with E-state index >= 15 is 0 Å². The quantitative estimate of drug-likeness (QED) is 0.862. The lowest BCUT2D eigenvalue weighted by atomic mass is 9.99. The third-order valence-corrected chi connectivity index (χ3v) is 4.41. The van der Waals surface area contributed by atoms with Crippen LogP contribution in [0.5, 0.6) is 5.75 Å². The molecule has 2 aliphatic heterocycles. The second-order valence-electron chi connectivity index (χ2n) is 5.78. The van der Waals surface area contributed by atoms with Crippen molar-refractivity contribution in [2.45, 2.75) is 38.8 Å². The lowest BCUT2D eigenvalue weighted by molar-refractivity contribution is 0.357. The van der Waals surface area contributed by atoms with Gasteiger partial charge in [-0.2, -0.15) is 0 Å². The Kier molecular flexibility index (Phi) is 2.60. The van der Waals surface area contributed by atoms with Crippen molar-refractivity contribution in [3.8, 4) is 17.0 Å². The molecule has 1 aromatic carbocycles. The average molecular weight is 269 g/mol. The Balaban J connectivity index is 1.83. The second-order valence-corrected chi connectivity index (χ2v) is 5.78. The minimum atomic E-state index is 0.259. The van der Waals surface area contributed by atoms with Crippen LogP contribution in [0, 0.1) is 6.92 Å². The zero-order chi connectivity index (χ0) is 13.7. The van der Waals surface area contributed by atoms with E-state index in [-0.39, 0.29) is 6.04 Å². The third-order valence-electron chi connectivity index (χ3n) is 4.41. The molecule has 1 atom stereocenters. The molecular formula is C16H19N3O. The fraction of sp³-hybridized carbons (Fsp3) is 0.438. The number of imidazole rings is 1. The van der Waals surface area contributed by atoms with Crippen molar-refractivity contribution in [3.05, 3.63) is 35.3 Å². The number of nitrogens with two attached hydrogens (primary N) is 1. The Hall–Kier alpha value is -1.81. The summed E-state index contributed by atoms with van der Waals surface area (Å²) in [4.78, 5) is 4.79. The van der Waals surface area contributed by atoms with E-state index in [1.807, 2.05) is 0 Å². The molecular weight excluding hydrogens is 250 g/mol. The molecule has 4 rings (SSSR count). The Morgan fingerprint density at radius 1 is 1.40 bits per heavy atom. The van der Waals surface area contributed by atoms with Gasteiger partial charge in [-0.05, 0) is 37.1 Å². The maximum Gasteiger partial charge on any atom is 0.122 e. The van der Waals surface area contributed by atoms with Gasteiger partial charge < -0.3 is 15.0 Å². The molecule has 2 aromatic rings. The molecule has 4 heteroatoms. The first-order valence-electron chi connectivity index (χ1n) is 7.30. The summed E-state index contributed by atoms with van der Waals surface area (Å²) in [5, 5.41) is 0. The molecule has 0 spiro atoms. The van der Waals surface area contributed by atoms with Gasteiger partial charge in [-0.15, -0.1) is 0 Å². The van der Waals surface area contributed by atoms with Crippen LogP contribution in [0.2, 0.25) is 0 Å². The van der Waals surface area contributed by atoms with Crippen LogP contribution in [-0.4, -0.2) is 22.2 Å². The smallest absolute Gasteiger partial charge is 0.122 e. The second kappa shape index (κ2) is 4.35. The molecule has 1 aromatic heterocycles. The lowest BCUT2D eigenvalue weighted by Crippen LogP contribution is -2.31. The van der Waals surface area contributed by atoms with Crippen molar-refractivity contribution in [1.29, 1.82) is 0 Å². The van der Waals surface area contributed by atoms with Crippen LogP contribution in [0.15, 0.2) is 18.2 Å². The molecule has 0 amide bonds. The number of fused-ring (bicyclic) bond motifs is 2. The van der Waals surface area contributed by atoms with Gasteiger partial charge in [0.15, 0.2) is 0 Å². The topological polar surface area (TPSA) is 53.1 Å². The summed E-state index contributed by atoms with van der Waals surface area (Å²) >= 11 is 0. The predicted molar refractivity (Wildman–Crippen MR) is 77.9 cm³/mol. The lowest BCUT2D eigenvalue weighted by Gasteiger charge is -2.22. The van der Waals surface area contributed by atoms with Crippen LogP contribution in [0.4, 0.5) is 0 Å². The molecule has 0 fully saturated rings. The highest BCUT2D eigenvalue weighted by molar-refractivity contribution is 5.65. The van der Waals surface area contributed by atoms with Gasteiger partial charge >= 0.3 is 0 Å². The maximum absolute atomic E-state index is 6.13. The van der Waals surface area contributed by atoms with Crippen LogP contribution in [-0.2, 0) is 19.4 Å². The van der Waals surface area contributed by atoms with Gasteiger partial charge in [-0.25, -0.2) is 4.98 Å². The Bertz CT molecular complexity index is 675. The van der Waals surface area contributed by atoms with Crippen molar-refractivity contribution in [2.24, 2.45) is 5.73 Å². The van der Waals surface area contributed by atoms with E-state index in [2.05, 4.69) is 29.7 Å².